The lowest BCUT2D eigenvalue weighted by Gasteiger charge is -2.35. The van der Waals surface area contributed by atoms with Gasteiger partial charge in [-0.25, -0.2) is 4.98 Å². The van der Waals surface area contributed by atoms with E-state index in [2.05, 4.69) is 25.8 Å². The van der Waals surface area contributed by atoms with Gasteiger partial charge in [0.15, 0.2) is 0 Å². The molecule has 0 unspecified atom stereocenters. The molecule has 0 spiro atoms. The lowest BCUT2D eigenvalue weighted by atomic mass is 9.85. The molecule has 1 aromatic carbocycles. The van der Waals surface area contributed by atoms with Crippen molar-refractivity contribution in [3.63, 3.8) is 0 Å². The van der Waals surface area contributed by atoms with Gasteiger partial charge in [0, 0.05) is 52.2 Å². The number of hydrogen-bond donors (Lipinski definition) is 4. The van der Waals surface area contributed by atoms with Crippen molar-refractivity contribution in [2.24, 2.45) is 5.41 Å². The van der Waals surface area contributed by atoms with Crippen molar-refractivity contribution in [1.29, 1.82) is 0 Å². The summed E-state index contributed by atoms with van der Waals surface area (Å²) < 4.78 is 16.7. The molecule has 13 nitrogen and oxygen atoms in total. The molecule has 0 saturated carbocycles. The second-order valence-electron chi connectivity index (χ2n) is 13.3. The predicted octanol–water partition coefficient (Wildman–Crippen LogP) is 1.18. The Balaban J connectivity index is 1.18. The van der Waals surface area contributed by atoms with Gasteiger partial charge in [0.05, 0.1) is 55.2 Å². The Morgan fingerprint density at radius 3 is 2.35 bits per heavy atom. The minimum atomic E-state index is -0.924. The molecule has 2 fully saturated rings. The number of nitrogens with zero attached hydrogens (tertiary/aromatic N) is 3. The van der Waals surface area contributed by atoms with Crippen LogP contribution in [0.2, 0.25) is 0 Å². The molecule has 0 aliphatic carbocycles. The summed E-state index contributed by atoms with van der Waals surface area (Å²) in [5.74, 6) is -1.22. The SMILES string of the molecule is Cc1ncsc1-c1ccc(CNC(=O)[C@@H]2C[C@@H](O)CN2C(=O)[C@@H](NC(=O)COCCOCCOCCN2CCNCC2)C(C)(C)C)cc1. The summed E-state index contributed by atoms with van der Waals surface area (Å²) in [6, 6.07) is 6.11. The fourth-order valence-electron chi connectivity index (χ4n) is 5.72. The summed E-state index contributed by atoms with van der Waals surface area (Å²) >= 11 is 1.58. The highest BCUT2D eigenvalue weighted by atomic mass is 32.1. The predicted molar refractivity (Wildman–Crippen MR) is 183 cm³/mol. The number of aliphatic hydroxyl groups excluding tert-OH is 1. The number of rotatable bonds is 17. The van der Waals surface area contributed by atoms with Crippen molar-refractivity contribution in [2.75, 3.05) is 78.9 Å². The number of hydrogen-bond acceptors (Lipinski definition) is 11. The van der Waals surface area contributed by atoms with E-state index in [9.17, 15) is 19.5 Å². The second-order valence-corrected chi connectivity index (χ2v) is 14.2. The van der Waals surface area contributed by atoms with Crippen molar-refractivity contribution in [3.05, 3.63) is 41.0 Å². The molecular weight excluding hydrogens is 636 g/mol. The van der Waals surface area contributed by atoms with E-state index in [1.807, 2.05) is 57.5 Å². The van der Waals surface area contributed by atoms with E-state index in [0.29, 0.717) is 26.4 Å². The van der Waals surface area contributed by atoms with Crippen LogP contribution in [0.3, 0.4) is 0 Å². The number of carbonyl (C=O) groups excluding carboxylic acids is 3. The van der Waals surface area contributed by atoms with Crippen LogP contribution in [0, 0.1) is 12.3 Å². The van der Waals surface area contributed by atoms with Crippen LogP contribution in [0.4, 0.5) is 0 Å². The first kappa shape index (κ1) is 37.8. The van der Waals surface area contributed by atoms with Crippen LogP contribution in [-0.4, -0.2) is 135 Å². The van der Waals surface area contributed by atoms with Gasteiger partial charge >= 0.3 is 0 Å². The third kappa shape index (κ3) is 11.6. The lowest BCUT2D eigenvalue weighted by Crippen LogP contribution is -2.58. The van der Waals surface area contributed by atoms with Gasteiger partial charge in [-0.1, -0.05) is 45.0 Å². The first-order chi connectivity index (χ1) is 23.0. The number of aliphatic hydroxyl groups is 1. The molecule has 2 saturated heterocycles. The molecule has 1 aromatic heterocycles. The third-order valence-corrected chi connectivity index (χ3v) is 9.43. The Labute approximate surface area is 287 Å². The Morgan fingerprint density at radius 2 is 1.71 bits per heavy atom. The normalized spacial score (nSPS) is 19.3. The van der Waals surface area contributed by atoms with E-state index < -0.39 is 35.4 Å². The van der Waals surface area contributed by atoms with E-state index in [1.54, 1.807) is 11.3 Å². The topological polar surface area (TPSA) is 155 Å². The average molecular weight is 689 g/mol. The zero-order valence-corrected chi connectivity index (χ0v) is 29.5. The van der Waals surface area contributed by atoms with Crippen LogP contribution in [0.5, 0.6) is 0 Å². The molecule has 266 valence electrons. The molecule has 2 aliphatic heterocycles. The number of thiazole rings is 1. The average Bonchev–Trinajstić information content (AvgIpc) is 3.68. The zero-order valence-electron chi connectivity index (χ0n) is 28.7. The highest BCUT2D eigenvalue weighted by Crippen LogP contribution is 2.28. The summed E-state index contributed by atoms with van der Waals surface area (Å²) in [5, 5.41) is 19.5. The molecule has 48 heavy (non-hydrogen) atoms. The summed E-state index contributed by atoms with van der Waals surface area (Å²) in [6.07, 6.45) is -0.722. The molecule has 3 amide bonds. The first-order valence-corrected chi connectivity index (χ1v) is 17.6. The Hall–Kier alpha value is -2.98. The molecule has 2 aromatic rings. The molecule has 0 bridgehead atoms. The highest BCUT2D eigenvalue weighted by molar-refractivity contribution is 7.13. The van der Waals surface area contributed by atoms with Crippen LogP contribution in [0.25, 0.3) is 10.4 Å². The summed E-state index contributed by atoms with van der Waals surface area (Å²) in [4.78, 5) is 49.0. The fourth-order valence-corrected chi connectivity index (χ4v) is 6.53. The summed E-state index contributed by atoms with van der Waals surface area (Å²) in [5.41, 5.74) is 4.10. The minimum Gasteiger partial charge on any atom is -0.391 e. The Bertz CT molecular complexity index is 1310. The molecule has 14 heteroatoms. The number of aryl methyl sites for hydroxylation is 1. The van der Waals surface area contributed by atoms with Crippen LogP contribution in [0.1, 0.15) is 38.4 Å². The van der Waals surface area contributed by atoms with E-state index in [1.165, 1.54) is 4.90 Å². The highest BCUT2D eigenvalue weighted by Gasteiger charge is 2.44. The maximum Gasteiger partial charge on any atom is 0.246 e. The van der Waals surface area contributed by atoms with Crippen molar-refractivity contribution in [2.45, 2.75) is 58.8 Å². The van der Waals surface area contributed by atoms with Crippen molar-refractivity contribution >= 4 is 29.1 Å². The van der Waals surface area contributed by atoms with Gasteiger partial charge < -0.3 is 40.2 Å². The molecule has 3 atom stereocenters. The standard InChI is InChI=1S/C34H52N6O7S/c1-24-30(48-23-37-24)26-7-5-25(6-8-26)20-36-32(43)28-19-27(41)21-40(28)33(44)31(34(2,3)4)38-29(42)22-47-18-17-46-16-15-45-14-13-39-11-9-35-10-12-39/h5-8,23,27-28,31,35,41H,9-22H2,1-4H3,(H,36,43)(H,38,42)/t27-,28+,31-/m1/s1. The number of ether oxygens (including phenoxy) is 3. The quantitative estimate of drug-likeness (QED) is 0.178. The largest absolute Gasteiger partial charge is 0.391 e. The second kappa shape index (κ2) is 18.7. The van der Waals surface area contributed by atoms with Gasteiger partial charge in [-0.3, -0.25) is 19.3 Å². The number of amides is 3. The number of benzene rings is 1. The van der Waals surface area contributed by atoms with Crippen molar-refractivity contribution in [1.82, 2.24) is 30.7 Å². The van der Waals surface area contributed by atoms with Gasteiger partial charge in [0.25, 0.3) is 0 Å². The number of likely N-dealkylation sites (tertiary alicyclic amines) is 1. The van der Waals surface area contributed by atoms with Gasteiger partial charge in [-0.2, -0.15) is 0 Å². The minimum absolute atomic E-state index is 0.00948. The molecule has 2 aliphatic rings. The monoisotopic (exact) mass is 688 g/mol. The molecule has 4 rings (SSSR count). The van der Waals surface area contributed by atoms with E-state index >= 15 is 0 Å². The van der Waals surface area contributed by atoms with Crippen LogP contribution in [0.15, 0.2) is 29.8 Å². The van der Waals surface area contributed by atoms with E-state index in [-0.39, 0.29) is 38.6 Å². The number of piperazine rings is 1. The lowest BCUT2D eigenvalue weighted by molar-refractivity contribution is -0.144. The van der Waals surface area contributed by atoms with Gasteiger partial charge in [-0.15, -0.1) is 11.3 Å². The number of aromatic nitrogens is 1. The van der Waals surface area contributed by atoms with Crippen LogP contribution >= 0.6 is 11.3 Å². The molecule has 0 radical (unpaired) electrons. The maximum atomic E-state index is 13.8. The zero-order chi connectivity index (χ0) is 34.5. The first-order valence-electron chi connectivity index (χ1n) is 16.7. The Kier molecular flexibility index (Phi) is 14.7. The van der Waals surface area contributed by atoms with Gasteiger partial charge in [0.2, 0.25) is 17.7 Å². The van der Waals surface area contributed by atoms with Crippen LogP contribution in [-0.2, 0) is 35.1 Å². The smallest absolute Gasteiger partial charge is 0.246 e. The van der Waals surface area contributed by atoms with Gasteiger partial charge in [0.1, 0.15) is 18.7 Å². The molecule has 3 heterocycles. The third-order valence-electron chi connectivity index (χ3n) is 8.45. The number of nitrogens with one attached hydrogen (secondary N) is 3. The number of carbonyl (C=O) groups is 3. The summed E-state index contributed by atoms with van der Waals surface area (Å²) in [6.45, 7) is 14.7. The van der Waals surface area contributed by atoms with Crippen LogP contribution < -0.4 is 16.0 Å². The van der Waals surface area contributed by atoms with E-state index in [4.69, 9.17) is 14.2 Å². The van der Waals surface area contributed by atoms with Crippen molar-refractivity contribution in [3.8, 4) is 10.4 Å². The van der Waals surface area contributed by atoms with E-state index in [0.717, 1.165) is 54.4 Å². The van der Waals surface area contributed by atoms with Gasteiger partial charge in [-0.05, 0) is 23.5 Å². The molecule has 4 N–H and O–H groups in total. The number of β-amino-alcohol motifs (C(OH)–C–C–N with tert-alkyl or cyclic N) is 1. The maximum absolute atomic E-state index is 13.8. The molecular formula is C34H52N6O7S. The summed E-state index contributed by atoms with van der Waals surface area (Å²) in [7, 11) is 0. The Morgan fingerprint density at radius 1 is 1.04 bits per heavy atom. The van der Waals surface area contributed by atoms with Crippen molar-refractivity contribution < 1.29 is 33.7 Å². The fraction of sp³-hybridized carbons (Fsp3) is 0.647.